The van der Waals surface area contributed by atoms with Gasteiger partial charge in [-0.25, -0.2) is 0 Å². The Labute approximate surface area is 172 Å². The van der Waals surface area contributed by atoms with Crippen LogP contribution in [-0.2, 0) is 16.1 Å². The highest BCUT2D eigenvalue weighted by atomic mass is 32.2. The molecule has 0 saturated carbocycles. The van der Waals surface area contributed by atoms with Crippen LogP contribution in [0.5, 0.6) is 0 Å². The summed E-state index contributed by atoms with van der Waals surface area (Å²) >= 11 is 1.66. The molecule has 2 rings (SSSR count). The van der Waals surface area contributed by atoms with Crippen LogP contribution in [-0.4, -0.2) is 34.6 Å². The minimum atomic E-state index is -0.514. The van der Waals surface area contributed by atoms with E-state index in [-0.39, 0.29) is 17.9 Å². The van der Waals surface area contributed by atoms with Crippen molar-refractivity contribution in [2.24, 2.45) is 0 Å². The summed E-state index contributed by atoms with van der Waals surface area (Å²) in [4.78, 5) is 28.3. The first-order valence-corrected chi connectivity index (χ1v) is 10.7. The number of hydrogen-bond donors (Lipinski definition) is 1. The quantitative estimate of drug-likeness (QED) is 0.636. The van der Waals surface area contributed by atoms with Gasteiger partial charge in [0.15, 0.2) is 0 Å². The van der Waals surface area contributed by atoms with Gasteiger partial charge < -0.3 is 10.2 Å². The largest absolute Gasteiger partial charge is 0.352 e. The van der Waals surface area contributed by atoms with Crippen molar-refractivity contribution >= 4 is 23.6 Å². The van der Waals surface area contributed by atoms with Crippen molar-refractivity contribution in [3.8, 4) is 0 Å². The van der Waals surface area contributed by atoms with Crippen molar-refractivity contribution in [3.63, 3.8) is 0 Å². The normalized spacial score (nSPS) is 11.9. The predicted molar refractivity (Wildman–Crippen MR) is 116 cm³/mol. The molecule has 0 unspecified atom stereocenters. The maximum absolute atomic E-state index is 13.0. The van der Waals surface area contributed by atoms with E-state index in [1.165, 1.54) is 5.56 Å². The van der Waals surface area contributed by atoms with Gasteiger partial charge in [-0.1, -0.05) is 48.0 Å². The van der Waals surface area contributed by atoms with Gasteiger partial charge in [0.1, 0.15) is 6.04 Å². The van der Waals surface area contributed by atoms with E-state index >= 15 is 0 Å². The molecule has 0 aliphatic heterocycles. The fraction of sp³-hybridized carbons (Fsp3) is 0.391. The number of carbonyl (C=O) groups excluding carboxylic acids is 2. The average Bonchev–Trinajstić information content (AvgIpc) is 2.67. The summed E-state index contributed by atoms with van der Waals surface area (Å²) < 4.78 is 0. The Hall–Kier alpha value is -2.27. The second-order valence-corrected chi connectivity index (χ2v) is 8.43. The summed E-state index contributed by atoms with van der Waals surface area (Å²) in [5, 5.41) is 2.91. The van der Waals surface area contributed by atoms with Crippen LogP contribution in [0.3, 0.4) is 0 Å². The highest BCUT2D eigenvalue weighted by Gasteiger charge is 2.26. The zero-order chi connectivity index (χ0) is 20.5. The number of thioether (sulfide) groups is 1. The summed E-state index contributed by atoms with van der Waals surface area (Å²) in [6, 6.07) is 17.6. The number of rotatable bonds is 9. The van der Waals surface area contributed by atoms with E-state index in [2.05, 4.69) is 36.5 Å². The Balaban J connectivity index is 2.02. The molecular weight excluding hydrogens is 368 g/mol. The second-order valence-electron chi connectivity index (χ2n) is 7.26. The summed E-state index contributed by atoms with van der Waals surface area (Å²) in [5.74, 6) is 0.562. The lowest BCUT2D eigenvalue weighted by molar-refractivity contribution is -0.140. The number of amides is 2. The minimum Gasteiger partial charge on any atom is -0.352 e. The first kappa shape index (κ1) is 22.0. The fourth-order valence-electron chi connectivity index (χ4n) is 2.80. The van der Waals surface area contributed by atoms with Crippen molar-refractivity contribution in [2.45, 2.75) is 57.6 Å². The Morgan fingerprint density at radius 3 is 2.25 bits per heavy atom. The van der Waals surface area contributed by atoms with Gasteiger partial charge in [0.05, 0.1) is 0 Å². The van der Waals surface area contributed by atoms with Crippen molar-refractivity contribution in [2.75, 3.05) is 5.75 Å². The van der Waals surface area contributed by atoms with Crippen molar-refractivity contribution < 1.29 is 9.59 Å². The Morgan fingerprint density at radius 2 is 1.64 bits per heavy atom. The van der Waals surface area contributed by atoms with Crippen LogP contribution in [0.4, 0.5) is 0 Å². The van der Waals surface area contributed by atoms with Crippen LogP contribution in [0, 0.1) is 6.92 Å². The zero-order valence-electron chi connectivity index (χ0n) is 17.1. The summed E-state index contributed by atoms with van der Waals surface area (Å²) in [5.41, 5.74) is 2.24. The molecule has 150 valence electrons. The lowest BCUT2D eigenvalue weighted by Crippen LogP contribution is -2.49. The van der Waals surface area contributed by atoms with Crippen LogP contribution >= 0.6 is 11.8 Å². The molecule has 4 nitrogen and oxygen atoms in total. The van der Waals surface area contributed by atoms with Crippen LogP contribution in [0.25, 0.3) is 0 Å². The highest BCUT2D eigenvalue weighted by Crippen LogP contribution is 2.20. The molecule has 0 saturated heterocycles. The van der Waals surface area contributed by atoms with Crippen LogP contribution in [0.1, 0.15) is 38.3 Å². The monoisotopic (exact) mass is 398 g/mol. The van der Waals surface area contributed by atoms with Crippen LogP contribution in [0.15, 0.2) is 59.5 Å². The van der Waals surface area contributed by atoms with Crippen molar-refractivity contribution in [1.29, 1.82) is 0 Å². The molecule has 0 fully saturated rings. The van der Waals surface area contributed by atoms with Gasteiger partial charge in [-0.2, -0.15) is 0 Å². The molecule has 0 aliphatic rings. The van der Waals surface area contributed by atoms with Gasteiger partial charge in [0, 0.05) is 29.7 Å². The topological polar surface area (TPSA) is 49.4 Å². The molecule has 28 heavy (non-hydrogen) atoms. The molecule has 0 spiro atoms. The molecular formula is C23H30N2O2S. The zero-order valence-corrected chi connectivity index (χ0v) is 18.0. The molecule has 0 aromatic heterocycles. The summed E-state index contributed by atoms with van der Waals surface area (Å²) in [7, 11) is 0. The van der Waals surface area contributed by atoms with Gasteiger partial charge in [0.25, 0.3) is 0 Å². The molecule has 0 aliphatic carbocycles. The second kappa shape index (κ2) is 10.9. The van der Waals surface area contributed by atoms with Gasteiger partial charge in [-0.05, 0) is 45.4 Å². The molecule has 0 bridgehead atoms. The van der Waals surface area contributed by atoms with Gasteiger partial charge in [-0.3, -0.25) is 9.59 Å². The predicted octanol–water partition coefficient (Wildman–Crippen LogP) is 4.42. The number of nitrogens with one attached hydrogen (secondary N) is 1. The van der Waals surface area contributed by atoms with E-state index in [9.17, 15) is 9.59 Å². The number of benzene rings is 2. The lowest BCUT2D eigenvalue weighted by atomic mass is 10.1. The maximum atomic E-state index is 13.0. The fourth-order valence-corrected chi connectivity index (χ4v) is 3.64. The number of carbonyl (C=O) groups is 2. The Bertz CT molecular complexity index is 760. The molecule has 2 aromatic rings. The third-order valence-electron chi connectivity index (χ3n) is 4.40. The maximum Gasteiger partial charge on any atom is 0.242 e. The smallest absolute Gasteiger partial charge is 0.242 e. The number of aryl methyl sites for hydroxylation is 1. The third kappa shape index (κ3) is 7.04. The molecule has 0 heterocycles. The first-order valence-electron chi connectivity index (χ1n) is 9.70. The summed E-state index contributed by atoms with van der Waals surface area (Å²) in [6.45, 7) is 8.13. The molecule has 1 atom stereocenters. The summed E-state index contributed by atoms with van der Waals surface area (Å²) in [6.07, 6.45) is 0.394. The van der Waals surface area contributed by atoms with Crippen molar-refractivity contribution in [1.82, 2.24) is 10.2 Å². The minimum absolute atomic E-state index is 0.00475. The SMILES string of the molecule is Cc1ccc(SCCC(=O)N(Cc2ccccc2)[C@@H](C)C(=O)NC(C)C)cc1. The van der Waals surface area contributed by atoms with E-state index in [0.29, 0.717) is 18.7 Å². The third-order valence-corrected chi connectivity index (χ3v) is 5.41. The highest BCUT2D eigenvalue weighted by molar-refractivity contribution is 7.99. The van der Waals surface area contributed by atoms with E-state index in [0.717, 1.165) is 10.5 Å². The molecule has 0 radical (unpaired) electrons. The van der Waals surface area contributed by atoms with E-state index in [4.69, 9.17) is 0 Å². The van der Waals surface area contributed by atoms with Gasteiger partial charge in [-0.15, -0.1) is 11.8 Å². The van der Waals surface area contributed by atoms with Crippen LogP contribution < -0.4 is 5.32 Å². The molecule has 1 N–H and O–H groups in total. The number of hydrogen-bond acceptors (Lipinski definition) is 3. The standard InChI is InChI=1S/C23H30N2O2S/c1-17(2)24-23(27)19(4)25(16-20-8-6-5-7-9-20)22(26)14-15-28-21-12-10-18(3)11-13-21/h5-13,17,19H,14-16H2,1-4H3,(H,24,27)/t19-/m0/s1. The molecule has 2 aromatic carbocycles. The van der Waals surface area contributed by atoms with Gasteiger partial charge in [0.2, 0.25) is 11.8 Å². The Morgan fingerprint density at radius 1 is 1.00 bits per heavy atom. The van der Waals surface area contributed by atoms with E-state index in [1.54, 1.807) is 23.6 Å². The van der Waals surface area contributed by atoms with Gasteiger partial charge >= 0.3 is 0 Å². The number of nitrogens with zero attached hydrogens (tertiary/aromatic N) is 1. The van der Waals surface area contributed by atoms with E-state index in [1.807, 2.05) is 44.2 Å². The molecule has 5 heteroatoms. The van der Waals surface area contributed by atoms with Crippen molar-refractivity contribution in [3.05, 3.63) is 65.7 Å². The lowest BCUT2D eigenvalue weighted by Gasteiger charge is -2.29. The first-order chi connectivity index (χ1) is 13.4. The Kier molecular flexibility index (Phi) is 8.58. The molecule has 2 amide bonds. The average molecular weight is 399 g/mol. The van der Waals surface area contributed by atoms with E-state index < -0.39 is 6.04 Å². The van der Waals surface area contributed by atoms with Crippen LogP contribution in [0.2, 0.25) is 0 Å².